The molecular formula is C9H12BrNO3S. The van der Waals surface area contributed by atoms with E-state index in [9.17, 15) is 8.42 Å². The molecule has 0 unspecified atom stereocenters. The Bertz CT molecular complexity index is 393. The van der Waals surface area contributed by atoms with Gasteiger partial charge < -0.3 is 5.11 Å². The zero-order valence-electron chi connectivity index (χ0n) is 7.93. The third-order valence-electron chi connectivity index (χ3n) is 1.85. The lowest BCUT2D eigenvalue weighted by atomic mass is 10.1. The van der Waals surface area contributed by atoms with E-state index < -0.39 is 16.1 Å². The summed E-state index contributed by atoms with van der Waals surface area (Å²) in [4.78, 5) is 0. The first-order valence-corrected chi connectivity index (χ1v) is 7.08. The minimum atomic E-state index is -3.37. The minimum Gasteiger partial charge on any atom is -0.394 e. The highest BCUT2D eigenvalue weighted by atomic mass is 79.9. The lowest BCUT2D eigenvalue weighted by molar-refractivity contribution is 0.259. The Hall–Kier alpha value is -0.430. The number of aliphatic hydroxyl groups is 1. The van der Waals surface area contributed by atoms with Gasteiger partial charge in [0.25, 0.3) is 0 Å². The van der Waals surface area contributed by atoms with E-state index in [2.05, 4.69) is 20.7 Å². The van der Waals surface area contributed by atoms with Crippen LogP contribution in [0.3, 0.4) is 0 Å². The highest BCUT2D eigenvalue weighted by Gasteiger charge is 2.17. The van der Waals surface area contributed by atoms with E-state index in [-0.39, 0.29) is 11.3 Å². The first-order chi connectivity index (χ1) is 7.09. The zero-order chi connectivity index (χ0) is 11.3. The number of halogens is 1. The summed E-state index contributed by atoms with van der Waals surface area (Å²) in [5.41, 5.74) is 0.740. The van der Waals surface area contributed by atoms with Gasteiger partial charge in [-0.05, 0) is 5.56 Å². The van der Waals surface area contributed by atoms with Gasteiger partial charge in [0.1, 0.15) is 4.66 Å². The molecule has 0 aliphatic heterocycles. The molecule has 84 valence electrons. The summed E-state index contributed by atoms with van der Waals surface area (Å²) in [6, 6.07) is 8.35. The molecule has 0 radical (unpaired) electrons. The SMILES string of the molecule is O=S(=O)(CBr)N[C@@H](CO)c1ccccc1. The molecule has 0 saturated heterocycles. The molecular weight excluding hydrogens is 282 g/mol. The first-order valence-electron chi connectivity index (χ1n) is 4.31. The summed E-state index contributed by atoms with van der Waals surface area (Å²) in [7, 11) is -3.37. The fraction of sp³-hybridized carbons (Fsp3) is 0.333. The Labute approximate surface area is 97.5 Å². The van der Waals surface area contributed by atoms with Crippen LogP contribution >= 0.6 is 15.9 Å². The summed E-state index contributed by atoms with van der Waals surface area (Å²) >= 11 is 2.87. The topological polar surface area (TPSA) is 66.4 Å². The van der Waals surface area contributed by atoms with Gasteiger partial charge in [0.05, 0.1) is 12.6 Å². The average molecular weight is 294 g/mol. The molecule has 1 rings (SSSR count). The third-order valence-corrected chi connectivity index (χ3v) is 4.59. The molecule has 2 N–H and O–H groups in total. The summed E-state index contributed by atoms with van der Waals surface area (Å²) in [6.07, 6.45) is 0. The maximum atomic E-state index is 11.3. The number of alkyl halides is 1. The van der Waals surface area contributed by atoms with Crippen LogP contribution in [0.5, 0.6) is 0 Å². The van der Waals surface area contributed by atoms with Gasteiger partial charge in [-0.1, -0.05) is 46.3 Å². The number of sulfonamides is 1. The van der Waals surface area contributed by atoms with Gasteiger partial charge in [0, 0.05) is 0 Å². The number of hydrogen-bond acceptors (Lipinski definition) is 3. The van der Waals surface area contributed by atoms with E-state index in [0.29, 0.717) is 0 Å². The zero-order valence-corrected chi connectivity index (χ0v) is 10.3. The molecule has 0 aliphatic carbocycles. The van der Waals surface area contributed by atoms with Gasteiger partial charge in [0.15, 0.2) is 0 Å². The Morgan fingerprint density at radius 1 is 1.33 bits per heavy atom. The molecule has 1 aromatic carbocycles. The van der Waals surface area contributed by atoms with Crippen molar-refractivity contribution in [2.75, 3.05) is 11.3 Å². The maximum Gasteiger partial charge on any atom is 0.222 e. The van der Waals surface area contributed by atoms with Crippen molar-refractivity contribution >= 4 is 26.0 Å². The van der Waals surface area contributed by atoms with Crippen molar-refractivity contribution < 1.29 is 13.5 Å². The Kier molecular flexibility index (Phi) is 4.72. The van der Waals surface area contributed by atoms with E-state index >= 15 is 0 Å². The molecule has 0 spiro atoms. The molecule has 0 heterocycles. The third kappa shape index (κ3) is 3.90. The van der Waals surface area contributed by atoms with Gasteiger partial charge in [-0.3, -0.25) is 0 Å². The highest BCUT2D eigenvalue weighted by Crippen LogP contribution is 2.13. The van der Waals surface area contributed by atoms with Crippen molar-refractivity contribution in [2.45, 2.75) is 6.04 Å². The van der Waals surface area contributed by atoms with Crippen molar-refractivity contribution in [3.05, 3.63) is 35.9 Å². The molecule has 6 heteroatoms. The van der Waals surface area contributed by atoms with E-state index in [0.717, 1.165) is 5.56 Å². The number of rotatable bonds is 5. The molecule has 0 fully saturated rings. The number of aliphatic hydroxyl groups excluding tert-OH is 1. The number of benzene rings is 1. The monoisotopic (exact) mass is 293 g/mol. The van der Waals surface area contributed by atoms with Crippen LogP contribution in [0.2, 0.25) is 0 Å². The second kappa shape index (κ2) is 5.60. The van der Waals surface area contributed by atoms with E-state index in [1.807, 2.05) is 6.07 Å². The molecule has 0 aromatic heterocycles. The number of nitrogens with one attached hydrogen (secondary N) is 1. The average Bonchev–Trinajstić information content (AvgIpc) is 2.27. The van der Waals surface area contributed by atoms with Crippen molar-refractivity contribution in [3.8, 4) is 0 Å². The largest absolute Gasteiger partial charge is 0.394 e. The van der Waals surface area contributed by atoms with Gasteiger partial charge in [0.2, 0.25) is 10.0 Å². The standard InChI is InChI=1S/C9H12BrNO3S/c10-7-15(13,14)11-9(6-12)8-4-2-1-3-5-8/h1-5,9,11-12H,6-7H2/t9-/m0/s1. The van der Waals surface area contributed by atoms with Crippen molar-refractivity contribution in [2.24, 2.45) is 0 Å². The van der Waals surface area contributed by atoms with Crippen LogP contribution in [0.15, 0.2) is 30.3 Å². The lowest BCUT2D eigenvalue weighted by Crippen LogP contribution is -2.31. The van der Waals surface area contributed by atoms with Crippen LogP contribution in [0.1, 0.15) is 11.6 Å². The maximum absolute atomic E-state index is 11.3. The van der Waals surface area contributed by atoms with Gasteiger partial charge >= 0.3 is 0 Å². The van der Waals surface area contributed by atoms with Crippen LogP contribution < -0.4 is 4.72 Å². The Balaban J connectivity index is 2.83. The fourth-order valence-electron chi connectivity index (χ4n) is 1.14. The molecule has 1 atom stereocenters. The van der Waals surface area contributed by atoms with Gasteiger partial charge in [-0.25, -0.2) is 13.1 Å². The molecule has 0 aliphatic rings. The van der Waals surface area contributed by atoms with E-state index in [4.69, 9.17) is 5.11 Å². The molecule has 1 aromatic rings. The second-order valence-corrected chi connectivity index (χ2v) is 6.04. The van der Waals surface area contributed by atoms with Crippen LogP contribution in [0.25, 0.3) is 0 Å². The quantitative estimate of drug-likeness (QED) is 0.796. The molecule has 0 bridgehead atoms. The van der Waals surface area contributed by atoms with Crippen molar-refractivity contribution in [1.29, 1.82) is 0 Å². The van der Waals surface area contributed by atoms with Gasteiger partial charge in [-0.15, -0.1) is 0 Å². The fourth-order valence-corrected chi connectivity index (χ4v) is 2.25. The minimum absolute atomic E-state index is 0.177. The van der Waals surface area contributed by atoms with E-state index in [1.54, 1.807) is 24.3 Å². The second-order valence-electron chi connectivity index (χ2n) is 2.99. The summed E-state index contributed by atoms with van der Waals surface area (Å²) in [5, 5.41) is 9.10. The van der Waals surface area contributed by atoms with Crippen LogP contribution in [0, 0.1) is 0 Å². The normalized spacial score (nSPS) is 13.7. The molecule has 0 saturated carbocycles. The van der Waals surface area contributed by atoms with Crippen molar-refractivity contribution in [1.82, 2.24) is 4.72 Å². The van der Waals surface area contributed by atoms with Crippen LogP contribution in [0.4, 0.5) is 0 Å². The lowest BCUT2D eigenvalue weighted by Gasteiger charge is -2.15. The van der Waals surface area contributed by atoms with Crippen molar-refractivity contribution in [3.63, 3.8) is 0 Å². The molecule has 0 amide bonds. The summed E-state index contributed by atoms with van der Waals surface area (Å²) in [5.74, 6) is 0. The van der Waals surface area contributed by atoms with Crippen LogP contribution in [-0.4, -0.2) is 24.8 Å². The number of hydrogen-bond donors (Lipinski definition) is 2. The van der Waals surface area contributed by atoms with Crippen LogP contribution in [-0.2, 0) is 10.0 Å². The molecule has 15 heavy (non-hydrogen) atoms. The Morgan fingerprint density at radius 3 is 2.40 bits per heavy atom. The highest BCUT2D eigenvalue weighted by molar-refractivity contribution is 9.10. The molecule has 4 nitrogen and oxygen atoms in total. The van der Waals surface area contributed by atoms with Gasteiger partial charge in [-0.2, -0.15) is 0 Å². The van der Waals surface area contributed by atoms with E-state index in [1.165, 1.54) is 0 Å². The first kappa shape index (κ1) is 12.6. The summed E-state index contributed by atoms with van der Waals surface area (Å²) < 4.78 is 24.8. The predicted octanol–water partition coefficient (Wildman–Crippen LogP) is 0.992. The predicted molar refractivity (Wildman–Crippen MR) is 62.1 cm³/mol. The smallest absolute Gasteiger partial charge is 0.222 e. The Morgan fingerprint density at radius 2 is 1.93 bits per heavy atom. The summed E-state index contributed by atoms with van der Waals surface area (Å²) in [6.45, 7) is -0.268.